The first-order chi connectivity index (χ1) is 15.3. The summed E-state index contributed by atoms with van der Waals surface area (Å²) in [6.45, 7) is 13.7. The van der Waals surface area contributed by atoms with Gasteiger partial charge in [0.15, 0.2) is 6.04 Å². The van der Waals surface area contributed by atoms with Gasteiger partial charge in [0, 0.05) is 0 Å². The Kier molecular flexibility index (Phi) is 10.4. The van der Waals surface area contributed by atoms with Gasteiger partial charge >= 0.3 is 12.1 Å². The highest BCUT2D eigenvalue weighted by Gasteiger charge is 2.35. The van der Waals surface area contributed by atoms with Gasteiger partial charge in [-0.15, -0.1) is 0 Å². The van der Waals surface area contributed by atoms with Crippen molar-refractivity contribution in [3.05, 3.63) is 60.2 Å². The zero-order chi connectivity index (χ0) is 23.5. The second-order valence-electron chi connectivity index (χ2n) is 7.97. The maximum atomic E-state index is 12.6. The molecule has 0 spiro atoms. The summed E-state index contributed by atoms with van der Waals surface area (Å²) in [4.78, 5) is 24.8. The molecule has 1 fully saturated rings. The molecule has 32 heavy (non-hydrogen) atoms. The lowest BCUT2D eigenvalue weighted by Crippen LogP contribution is -2.45. The molecule has 1 amide bonds. The van der Waals surface area contributed by atoms with Gasteiger partial charge in [0.1, 0.15) is 25.4 Å². The summed E-state index contributed by atoms with van der Waals surface area (Å²) < 4.78 is 28.3. The van der Waals surface area contributed by atoms with Crippen molar-refractivity contribution < 1.29 is 33.3 Å². The molecule has 0 bridgehead atoms. The van der Waals surface area contributed by atoms with Crippen LogP contribution in [-0.2, 0) is 35.1 Å². The molecule has 1 aliphatic rings. The number of ether oxygens (including phenoxy) is 5. The van der Waals surface area contributed by atoms with E-state index in [1.807, 2.05) is 51.1 Å². The Morgan fingerprint density at radius 2 is 1.75 bits per heavy atom. The molecule has 1 aromatic rings. The number of rotatable bonds is 9. The van der Waals surface area contributed by atoms with E-state index in [0.717, 1.165) is 16.7 Å². The van der Waals surface area contributed by atoms with Crippen LogP contribution < -0.4 is 5.32 Å². The molecule has 0 aromatic heterocycles. The Hall–Kier alpha value is -2.68. The molecule has 0 saturated carbocycles. The van der Waals surface area contributed by atoms with Crippen LogP contribution in [0.4, 0.5) is 4.79 Å². The van der Waals surface area contributed by atoms with E-state index in [1.54, 1.807) is 0 Å². The van der Waals surface area contributed by atoms with Gasteiger partial charge in [0.05, 0.1) is 25.9 Å². The van der Waals surface area contributed by atoms with Gasteiger partial charge in [-0.05, 0) is 26.3 Å². The Balaban J connectivity index is 2.01. The van der Waals surface area contributed by atoms with Crippen molar-refractivity contribution in [2.24, 2.45) is 0 Å². The molecule has 1 heterocycles. The highest BCUT2D eigenvalue weighted by Crippen LogP contribution is 2.17. The Morgan fingerprint density at radius 1 is 1.09 bits per heavy atom. The van der Waals surface area contributed by atoms with Crippen LogP contribution in [0.5, 0.6) is 0 Å². The number of carbonyl (C=O) groups is 2. The normalized spacial score (nSPS) is 23.8. The van der Waals surface area contributed by atoms with Crippen LogP contribution in [-0.4, -0.2) is 62.8 Å². The van der Waals surface area contributed by atoms with Crippen LogP contribution in [0.1, 0.15) is 26.3 Å². The number of cyclic esters (lactones) is 1. The van der Waals surface area contributed by atoms with E-state index in [1.165, 1.54) is 0 Å². The minimum Gasteiger partial charge on any atom is -0.461 e. The number of hydrogen-bond acceptors (Lipinski definition) is 7. The van der Waals surface area contributed by atoms with Crippen molar-refractivity contribution in [2.75, 3.05) is 26.4 Å². The van der Waals surface area contributed by atoms with Crippen molar-refractivity contribution in [2.45, 2.75) is 51.7 Å². The van der Waals surface area contributed by atoms with Gasteiger partial charge in [-0.3, -0.25) is 0 Å². The van der Waals surface area contributed by atoms with Gasteiger partial charge in [-0.1, -0.05) is 54.6 Å². The second-order valence-corrected chi connectivity index (χ2v) is 7.97. The Morgan fingerprint density at radius 3 is 2.41 bits per heavy atom. The molecule has 2 rings (SSSR count). The highest BCUT2D eigenvalue weighted by atomic mass is 16.6. The SMILES string of the molecule is C=C(C)COC1COC(=O)C(NC(=O)OCc2ccccc2)COC(C)C1OCC(=C)C. The standard InChI is InChI=1S/C24H33NO7/c1-16(2)11-29-21-15-31-23(26)20(14-28-18(5)22(21)30-12-17(3)4)25-24(27)32-13-19-9-7-6-8-10-19/h6-10,18,20-22H,1,3,11-15H2,2,4-5H3,(H,25,27). The molecule has 4 atom stereocenters. The van der Waals surface area contributed by atoms with Crippen molar-refractivity contribution in [1.29, 1.82) is 0 Å². The van der Waals surface area contributed by atoms with Crippen LogP contribution in [0.3, 0.4) is 0 Å². The van der Waals surface area contributed by atoms with E-state index >= 15 is 0 Å². The van der Waals surface area contributed by atoms with Crippen molar-refractivity contribution >= 4 is 12.1 Å². The molecule has 176 valence electrons. The number of alkyl carbamates (subject to hydrolysis) is 1. The number of hydrogen-bond donors (Lipinski definition) is 1. The molecular weight excluding hydrogens is 414 g/mol. The van der Waals surface area contributed by atoms with Gasteiger partial charge < -0.3 is 29.0 Å². The third kappa shape index (κ3) is 8.82. The molecule has 8 heteroatoms. The van der Waals surface area contributed by atoms with Gasteiger partial charge in [0.2, 0.25) is 0 Å². The molecular formula is C24H33NO7. The lowest BCUT2D eigenvalue weighted by Gasteiger charge is -2.30. The summed E-state index contributed by atoms with van der Waals surface area (Å²) in [7, 11) is 0. The number of amides is 1. The summed E-state index contributed by atoms with van der Waals surface area (Å²) in [6.07, 6.45) is -2.27. The van der Waals surface area contributed by atoms with Crippen molar-refractivity contribution in [1.82, 2.24) is 5.32 Å². The van der Waals surface area contributed by atoms with Crippen molar-refractivity contribution in [3.8, 4) is 0 Å². The quantitative estimate of drug-likeness (QED) is 0.459. The maximum Gasteiger partial charge on any atom is 0.408 e. The predicted octanol–water partition coefficient (Wildman–Crippen LogP) is 3.17. The summed E-state index contributed by atoms with van der Waals surface area (Å²) in [5.74, 6) is -0.640. The minimum absolute atomic E-state index is 0.0576. The van der Waals surface area contributed by atoms with Crippen LogP contribution in [0, 0.1) is 0 Å². The van der Waals surface area contributed by atoms with E-state index in [4.69, 9.17) is 23.7 Å². The fraction of sp³-hybridized carbons (Fsp3) is 0.500. The average Bonchev–Trinajstić information content (AvgIpc) is 2.80. The molecule has 8 nitrogen and oxygen atoms in total. The first kappa shape index (κ1) is 25.6. The fourth-order valence-corrected chi connectivity index (χ4v) is 2.95. The van der Waals surface area contributed by atoms with Crippen LogP contribution in [0.15, 0.2) is 54.6 Å². The van der Waals surface area contributed by atoms with Crippen molar-refractivity contribution in [3.63, 3.8) is 0 Å². The molecule has 1 saturated heterocycles. The average molecular weight is 448 g/mol. The maximum absolute atomic E-state index is 12.6. The Bertz CT molecular complexity index is 780. The van der Waals surface area contributed by atoms with E-state index in [0.29, 0.717) is 6.61 Å². The third-order valence-corrected chi connectivity index (χ3v) is 4.60. The molecule has 0 aliphatic carbocycles. The number of benzene rings is 1. The largest absolute Gasteiger partial charge is 0.461 e. The lowest BCUT2D eigenvalue weighted by atomic mass is 10.1. The van der Waals surface area contributed by atoms with Gasteiger partial charge in [0.25, 0.3) is 0 Å². The zero-order valence-electron chi connectivity index (χ0n) is 19.0. The zero-order valence-corrected chi connectivity index (χ0v) is 19.0. The molecule has 4 unspecified atom stereocenters. The van der Waals surface area contributed by atoms with Crippen LogP contribution in [0.25, 0.3) is 0 Å². The molecule has 1 aromatic carbocycles. The first-order valence-corrected chi connectivity index (χ1v) is 10.5. The predicted molar refractivity (Wildman–Crippen MR) is 119 cm³/mol. The smallest absolute Gasteiger partial charge is 0.408 e. The van der Waals surface area contributed by atoms with Gasteiger partial charge in [-0.25, -0.2) is 9.59 Å². The number of esters is 1. The topological polar surface area (TPSA) is 92.3 Å². The monoisotopic (exact) mass is 447 g/mol. The Labute approximate surface area is 189 Å². The summed E-state index contributed by atoms with van der Waals surface area (Å²) >= 11 is 0. The highest BCUT2D eigenvalue weighted by molar-refractivity contribution is 5.81. The minimum atomic E-state index is -1.03. The van der Waals surface area contributed by atoms with Crippen LogP contribution >= 0.6 is 0 Å². The van der Waals surface area contributed by atoms with E-state index in [-0.39, 0.29) is 26.4 Å². The second kappa shape index (κ2) is 13.0. The van der Waals surface area contributed by atoms with E-state index in [2.05, 4.69) is 18.5 Å². The van der Waals surface area contributed by atoms with Gasteiger partial charge in [-0.2, -0.15) is 0 Å². The molecule has 0 radical (unpaired) electrons. The number of nitrogens with one attached hydrogen (secondary N) is 1. The first-order valence-electron chi connectivity index (χ1n) is 10.5. The summed E-state index contributed by atoms with van der Waals surface area (Å²) in [5, 5.41) is 2.51. The van der Waals surface area contributed by atoms with Crippen LogP contribution in [0.2, 0.25) is 0 Å². The van der Waals surface area contributed by atoms with E-state index < -0.39 is 36.4 Å². The molecule has 1 aliphatic heterocycles. The third-order valence-electron chi connectivity index (χ3n) is 4.60. The lowest BCUT2D eigenvalue weighted by molar-refractivity contribution is -0.155. The molecule has 1 N–H and O–H groups in total. The number of carbonyl (C=O) groups excluding carboxylic acids is 2. The fourth-order valence-electron chi connectivity index (χ4n) is 2.95. The van der Waals surface area contributed by atoms with E-state index in [9.17, 15) is 9.59 Å². The summed E-state index contributed by atoms with van der Waals surface area (Å²) in [6, 6.07) is 8.21. The summed E-state index contributed by atoms with van der Waals surface area (Å²) in [5.41, 5.74) is 2.50.